The average molecular weight is 280 g/mol. The monoisotopic (exact) mass is 280 g/mol. The Balaban J connectivity index is 2.00. The standard InChI is InChI=1S/C18H20N2O/c1-3-17(21-14-10-6-5-7-11-14)18-19-15-12-8-9-13-16(15)20(18)4-2/h5-13,17H,3-4H2,1-2H3. The molecule has 2 aromatic carbocycles. The summed E-state index contributed by atoms with van der Waals surface area (Å²) in [5, 5.41) is 0. The summed E-state index contributed by atoms with van der Waals surface area (Å²) in [7, 11) is 0. The molecule has 0 fully saturated rings. The van der Waals surface area contributed by atoms with Gasteiger partial charge >= 0.3 is 0 Å². The molecule has 3 nitrogen and oxygen atoms in total. The highest BCUT2D eigenvalue weighted by Crippen LogP contribution is 2.27. The zero-order chi connectivity index (χ0) is 14.7. The second-order valence-electron chi connectivity index (χ2n) is 5.03. The number of fused-ring (bicyclic) bond motifs is 1. The first-order chi connectivity index (χ1) is 10.3. The first-order valence-corrected chi connectivity index (χ1v) is 7.50. The van der Waals surface area contributed by atoms with Gasteiger partial charge in [-0.1, -0.05) is 37.3 Å². The molecule has 0 aliphatic heterocycles. The highest BCUT2D eigenvalue weighted by atomic mass is 16.5. The van der Waals surface area contributed by atoms with E-state index in [0.717, 1.165) is 30.1 Å². The summed E-state index contributed by atoms with van der Waals surface area (Å²) in [5.41, 5.74) is 2.20. The van der Waals surface area contributed by atoms with Gasteiger partial charge in [-0.3, -0.25) is 0 Å². The number of rotatable bonds is 5. The lowest BCUT2D eigenvalue weighted by atomic mass is 10.2. The van der Waals surface area contributed by atoms with Crippen molar-refractivity contribution >= 4 is 11.0 Å². The Hall–Kier alpha value is -2.29. The quantitative estimate of drug-likeness (QED) is 0.683. The zero-order valence-electron chi connectivity index (χ0n) is 12.5. The van der Waals surface area contributed by atoms with Crippen LogP contribution in [0.1, 0.15) is 32.2 Å². The number of aromatic nitrogens is 2. The zero-order valence-corrected chi connectivity index (χ0v) is 12.5. The molecule has 1 atom stereocenters. The summed E-state index contributed by atoms with van der Waals surface area (Å²) in [6.45, 7) is 5.17. The summed E-state index contributed by atoms with van der Waals surface area (Å²) in [6, 6.07) is 18.2. The van der Waals surface area contributed by atoms with Gasteiger partial charge in [0.2, 0.25) is 0 Å². The molecule has 3 heteroatoms. The van der Waals surface area contributed by atoms with Crippen LogP contribution < -0.4 is 4.74 Å². The largest absolute Gasteiger partial charge is 0.483 e. The predicted octanol–water partition coefficient (Wildman–Crippen LogP) is 4.59. The fourth-order valence-corrected chi connectivity index (χ4v) is 2.65. The molecule has 1 unspecified atom stereocenters. The fraction of sp³-hybridized carbons (Fsp3) is 0.278. The van der Waals surface area contributed by atoms with Crippen LogP contribution in [0.2, 0.25) is 0 Å². The minimum absolute atomic E-state index is 0.0280. The molecule has 3 rings (SSSR count). The molecule has 0 spiro atoms. The van der Waals surface area contributed by atoms with E-state index in [0.29, 0.717) is 0 Å². The van der Waals surface area contributed by atoms with E-state index in [1.54, 1.807) is 0 Å². The lowest BCUT2D eigenvalue weighted by molar-refractivity contribution is 0.187. The van der Waals surface area contributed by atoms with Crippen LogP contribution in [0.3, 0.4) is 0 Å². The molecule has 108 valence electrons. The molecule has 3 aromatic rings. The molecular formula is C18H20N2O. The summed E-state index contributed by atoms with van der Waals surface area (Å²) in [6.07, 6.45) is 0.859. The van der Waals surface area contributed by atoms with Gasteiger partial charge in [0.25, 0.3) is 0 Å². The van der Waals surface area contributed by atoms with Crippen LogP contribution in [0, 0.1) is 0 Å². The van der Waals surface area contributed by atoms with Gasteiger partial charge in [-0.2, -0.15) is 0 Å². The minimum atomic E-state index is -0.0280. The number of hydrogen-bond donors (Lipinski definition) is 0. The normalized spacial score (nSPS) is 12.5. The summed E-state index contributed by atoms with van der Waals surface area (Å²) in [4.78, 5) is 4.79. The van der Waals surface area contributed by atoms with Crippen LogP contribution in [0.25, 0.3) is 11.0 Å². The lowest BCUT2D eigenvalue weighted by Crippen LogP contribution is -2.13. The molecule has 0 saturated carbocycles. The van der Waals surface area contributed by atoms with Crippen molar-refractivity contribution in [2.45, 2.75) is 32.9 Å². The third-order valence-corrected chi connectivity index (χ3v) is 3.68. The second-order valence-corrected chi connectivity index (χ2v) is 5.03. The number of hydrogen-bond acceptors (Lipinski definition) is 2. The first kappa shape index (κ1) is 13.7. The molecule has 0 amide bonds. The van der Waals surface area contributed by atoms with Crippen molar-refractivity contribution in [1.82, 2.24) is 9.55 Å². The van der Waals surface area contributed by atoms with Crippen molar-refractivity contribution in [3.8, 4) is 5.75 Å². The topological polar surface area (TPSA) is 27.1 Å². The number of para-hydroxylation sites is 3. The third-order valence-electron chi connectivity index (χ3n) is 3.68. The van der Waals surface area contributed by atoms with Gasteiger partial charge in [-0.25, -0.2) is 4.98 Å². The Morgan fingerprint density at radius 1 is 1.00 bits per heavy atom. The van der Waals surface area contributed by atoms with Crippen LogP contribution in [-0.2, 0) is 6.54 Å². The van der Waals surface area contributed by atoms with E-state index in [1.807, 2.05) is 36.4 Å². The Morgan fingerprint density at radius 3 is 2.43 bits per heavy atom. The number of ether oxygens (including phenoxy) is 1. The molecular weight excluding hydrogens is 260 g/mol. The second kappa shape index (κ2) is 6.00. The van der Waals surface area contributed by atoms with E-state index >= 15 is 0 Å². The molecule has 1 aromatic heterocycles. The van der Waals surface area contributed by atoms with Crippen molar-refractivity contribution in [1.29, 1.82) is 0 Å². The molecule has 0 saturated heterocycles. The van der Waals surface area contributed by atoms with Gasteiger partial charge < -0.3 is 9.30 Å². The fourth-order valence-electron chi connectivity index (χ4n) is 2.65. The molecule has 0 N–H and O–H groups in total. The Morgan fingerprint density at radius 2 is 1.71 bits per heavy atom. The molecule has 0 aliphatic rings. The number of benzene rings is 2. The number of nitrogens with zero attached hydrogens (tertiary/aromatic N) is 2. The van der Waals surface area contributed by atoms with Crippen LogP contribution in [0.15, 0.2) is 54.6 Å². The van der Waals surface area contributed by atoms with Gasteiger partial charge in [0.15, 0.2) is 11.9 Å². The lowest BCUT2D eigenvalue weighted by Gasteiger charge is -2.18. The van der Waals surface area contributed by atoms with E-state index < -0.39 is 0 Å². The van der Waals surface area contributed by atoms with Crippen LogP contribution >= 0.6 is 0 Å². The maximum atomic E-state index is 6.14. The van der Waals surface area contributed by atoms with Gasteiger partial charge in [0.05, 0.1) is 11.0 Å². The van der Waals surface area contributed by atoms with Gasteiger partial charge in [0, 0.05) is 6.54 Å². The maximum Gasteiger partial charge on any atom is 0.156 e. The van der Waals surface area contributed by atoms with Gasteiger partial charge in [-0.05, 0) is 37.6 Å². The summed E-state index contributed by atoms with van der Waals surface area (Å²) in [5.74, 6) is 1.89. The van der Waals surface area contributed by atoms with E-state index in [9.17, 15) is 0 Å². The molecule has 1 heterocycles. The van der Waals surface area contributed by atoms with Crippen LogP contribution in [0.4, 0.5) is 0 Å². The van der Waals surface area contributed by atoms with Crippen LogP contribution in [-0.4, -0.2) is 9.55 Å². The van der Waals surface area contributed by atoms with Crippen molar-refractivity contribution in [3.63, 3.8) is 0 Å². The van der Waals surface area contributed by atoms with Crippen LogP contribution in [0.5, 0.6) is 5.75 Å². The highest BCUT2D eigenvalue weighted by molar-refractivity contribution is 5.76. The Labute approximate surface area is 125 Å². The highest BCUT2D eigenvalue weighted by Gasteiger charge is 2.19. The van der Waals surface area contributed by atoms with Gasteiger partial charge in [0.1, 0.15) is 5.75 Å². The van der Waals surface area contributed by atoms with E-state index in [4.69, 9.17) is 9.72 Å². The third kappa shape index (κ3) is 2.64. The maximum absolute atomic E-state index is 6.14. The number of aryl methyl sites for hydroxylation is 1. The number of imidazole rings is 1. The Kier molecular flexibility index (Phi) is 3.91. The van der Waals surface area contributed by atoms with Crippen molar-refractivity contribution in [3.05, 3.63) is 60.4 Å². The summed E-state index contributed by atoms with van der Waals surface area (Å²) >= 11 is 0. The summed E-state index contributed by atoms with van der Waals surface area (Å²) < 4.78 is 8.38. The minimum Gasteiger partial charge on any atom is -0.483 e. The van der Waals surface area contributed by atoms with Gasteiger partial charge in [-0.15, -0.1) is 0 Å². The Bertz CT molecular complexity index is 718. The average Bonchev–Trinajstić information content (AvgIpc) is 2.92. The van der Waals surface area contributed by atoms with E-state index in [1.165, 1.54) is 5.52 Å². The van der Waals surface area contributed by atoms with E-state index in [-0.39, 0.29) is 6.10 Å². The predicted molar refractivity (Wildman–Crippen MR) is 85.5 cm³/mol. The van der Waals surface area contributed by atoms with Crippen molar-refractivity contribution in [2.24, 2.45) is 0 Å². The molecule has 21 heavy (non-hydrogen) atoms. The van der Waals surface area contributed by atoms with E-state index in [2.05, 4.69) is 36.6 Å². The van der Waals surface area contributed by atoms with Crippen molar-refractivity contribution < 1.29 is 4.74 Å². The van der Waals surface area contributed by atoms with Crippen molar-refractivity contribution in [2.75, 3.05) is 0 Å². The smallest absolute Gasteiger partial charge is 0.156 e. The molecule has 0 aliphatic carbocycles. The SMILES string of the molecule is CCC(Oc1ccccc1)c1nc2ccccc2n1CC. The molecule has 0 bridgehead atoms. The first-order valence-electron chi connectivity index (χ1n) is 7.50. The molecule has 0 radical (unpaired) electrons.